The van der Waals surface area contributed by atoms with Gasteiger partial charge in [0.05, 0.1) is 43.7 Å². The van der Waals surface area contributed by atoms with Crippen LogP contribution in [0.5, 0.6) is 0 Å². The Kier molecular flexibility index (Phi) is 7.89. The first-order valence-corrected chi connectivity index (χ1v) is 15.3. The summed E-state index contributed by atoms with van der Waals surface area (Å²) in [5.41, 5.74) is 3.39. The molecule has 0 bridgehead atoms. The number of nitrogens with one attached hydrogen (secondary N) is 2. The fourth-order valence-corrected chi connectivity index (χ4v) is 5.85. The van der Waals surface area contributed by atoms with Crippen LogP contribution in [-0.4, -0.2) is 87.8 Å². The maximum Gasteiger partial charge on any atom is 0.410 e. The summed E-state index contributed by atoms with van der Waals surface area (Å²) in [5.74, 6) is 0.510. The average Bonchev–Trinajstić information content (AvgIpc) is 3.45. The second-order valence-electron chi connectivity index (χ2n) is 12.9. The van der Waals surface area contributed by atoms with Gasteiger partial charge in [0.15, 0.2) is 0 Å². The highest BCUT2D eigenvalue weighted by Gasteiger charge is 2.41. The van der Waals surface area contributed by atoms with E-state index in [1.165, 1.54) is 0 Å². The molecule has 2 saturated heterocycles. The zero-order valence-electron chi connectivity index (χ0n) is 25.4. The van der Waals surface area contributed by atoms with Crippen molar-refractivity contribution in [2.75, 3.05) is 36.5 Å². The number of aromatic nitrogens is 2. The number of fused-ring (bicyclic) bond motifs is 1. The molecule has 3 fully saturated rings. The minimum absolute atomic E-state index is 0.102. The Balaban J connectivity index is 1.26. The zero-order valence-corrected chi connectivity index (χ0v) is 25.4. The molecule has 4 amide bonds. The van der Waals surface area contributed by atoms with E-state index in [0.717, 1.165) is 41.8 Å². The van der Waals surface area contributed by atoms with E-state index < -0.39 is 17.7 Å². The molecule has 1 aromatic heterocycles. The molecular weight excluding hydrogens is 550 g/mol. The Morgan fingerprint density at radius 1 is 1.02 bits per heavy atom. The summed E-state index contributed by atoms with van der Waals surface area (Å²) in [5, 5.41) is 5.83. The summed E-state index contributed by atoms with van der Waals surface area (Å²) in [4.78, 5) is 54.5. The Labute approximate surface area is 252 Å². The van der Waals surface area contributed by atoms with Gasteiger partial charge >= 0.3 is 12.1 Å². The van der Waals surface area contributed by atoms with Crippen LogP contribution < -0.4 is 15.5 Å². The van der Waals surface area contributed by atoms with Crippen molar-refractivity contribution >= 4 is 29.7 Å². The zero-order chi connectivity index (χ0) is 30.3. The number of likely N-dealkylation sites (tertiary alicyclic amines) is 1. The average molecular weight is 592 g/mol. The highest BCUT2D eigenvalue weighted by atomic mass is 16.6. The van der Waals surface area contributed by atoms with Gasteiger partial charge in [0.25, 0.3) is 0 Å². The minimum Gasteiger partial charge on any atom is -0.444 e. The third kappa shape index (κ3) is 6.53. The number of anilines is 2. The number of urea groups is 1. The van der Waals surface area contributed by atoms with Crippen molar-refractivity contribution in [1.82, 2.24) is 25.1 Å². The van der Waals surface area contributed by atoms with Gasteiger partial charge in [-0.2, -0.15) is 0 Å². The van der Waals surface area contributed by atoms with Gasteiger partial charge in [0.1, 0.15) is 11.6 Å². The maximum absolute atomic E-state index is 13.9. The van der Waals surface area contributed by atoms with Gasteiger partial charge in [0.2, 0.25) is 11.9 Å². The molecule has 2 atom stereocenters. The van der Waals surface area contributed by atoms with Crippen LogP contribution in [-0.2, 0) is 27.4 Å². The van der Waals surface area contributed by atoms with Gasteiger partial charge in [-0.3, -0.25) is 9.69 Å². The van der Waals surface area contributed by atoms with Gasteiger partial charge < -0.3 is 29.9 Å². The van der Waals surface area contributed by atoms with Gasteiger partial charge in [-0.1, -0.05) is 12.1 Å². The second-order valence-corrected chi connectivity index (χ2v) is 12.9. The standard InChI is InChI=1S/C31H41N7O5/c1-19-18-42-15-14-37(19)28-34-24-17-36(27(39)25-6-5-13-38(25)30(41)43-31(2,3)4)16-23(24)26(35-28)20-7-9-21(10-8-20)32-29(40)33-22-11-12-22/h7-10,19,22,25H,5-6,11-18H2,1-4H3,(H2,32,33,40)/t19-,25?/m0/s1. The Morgan fingerprint density at radius 3 is 2.49 bits per heavy atom. The predicted molar refractivity (Wildman–Crippen MR) is 160 cm³/mol. The lowest BCUT2D eigenvalue weighted by Crippen LogP contribution is -2.47. The van der Waals surface area contributed by atoms with Crippen molar-refractivity contribution in [2.24, 2.45) is 0 Å². The Hall–Kier alpha value is -3.93. The van der Waals surface area contributed by atoms with Crippen molar-refractivity contribution in [1.29, 1.82) is 0 Å². The molecule has 0 radical (unpaired) electrons. The summed E-state index contributed by atoms with van der Waals surface area (Å²) in [6, 6.07) is 7.22. The monoisotopic (exact) mass is 591 g/mol. The van der Waals surface area contributed by atoms with Crippen LogP contribution >= 0.6 is 0 Å². The van der Waals surface area contributed by atoms with Crippen LogP contribution in [0.4, 0.5) is 21.2 Å². The maximum atomic E-state index is 13.9. The Morgan fingerprint density at radius 2 is 1.79 bits per heavy atom. The number of nitrogens with zero attached hydrogens (tertiary/aromatic N) is 5. The summed E-state index contributed by atoms with van der Waals surface area (Å²) >= 11 is 0. The van der Waals surface area contributed by atoms with E-state index in [1.807, 2.05) is 45.0 Å². The number of rotatable bonds is 5. The van der Waals surface area contributed by atoms with E-state index in [0.29, 0.717) is 57.4 Å². The van der Waals surface area contributed by atoms with Crippen molar-refractivity contribution < 1.29 is 23.9 Å². The molecule has 1 aliphatic carbocycles. The molecule has 2 aromatic rings. The molecule has 230 valence electrons. The number of ether oxygens (including phenoxy) is 2. The SMILES string of the molecule is C[C@H]1COCCN1c1nc2c(c(-c3ccc(NC(=O)NC4CC4)cc3)n1)CN(C(=O)C1CCCN1C(=O)OC(C)(C)C)C2. The molecule has 1 aromatic carbocycles. The van der Waals surface area contributed by atoms with Crippen LogP contribution in [0, 0.1) is 0 Å². The van der Waals surface area contributed by atoms with Gasteiger partial charge in [-0.25, -0.2) is 19.6 Å². The van der Waals surface area contributed by atoms with E-state index in [9.17, 15) is 14.4 Å². The number of hydrogen-bond acceptors (Lipinski definition) is 8. The van der Waals surface area contributed by atoms with Crippen LogP contribution in [0.3, 0.4) is 0 Å². The first-order valence-electron chi connectivity index (χ1n) is 15.3. The second kappa shape index (κ2) is 11.6. The highest BCUT2D eigenvalue weighted by Crippen LogP contribution is 2.35. The largest absolute Gasteiger partial charge is 0.444 e. The van der Waals surface area contributed by atoms with Crippen LogP contribution in [0.15, 0.2) is 24.3 Å². The number of amides is 4. The van der Waals surface area contributed by atoms with Gasteiger partial charge in [0, 0.05) is 35.9 Å². The first kappa shape index (κ1) is 29.2. The normalized spacial score (nSPS) is 21.9. The van der Waals surface area contributed by atoms with Gasteiger partial charge in [-0.15, -0.1) is 0 Å². The number of carbonyl (C=O) groups is 3. The van der Waals surface area contributed by atoms with Crippen molar-refractivity contribution in [3.8, 4) is 11.3 Å². The number of benzene rings is 1. The number of morpholine rings is 1. The van der Waals surface area contributed by atoms with Crippen LogP contribution in [0.1, 0.15) is 64.6 Å². The lowest BCUT2D eigenvalue weighted by atomic mass is 10.1. The van der Waals surface area contributed by atoms with Gasteiger partial charge in [-0.05, 0) is 65.5 Å². The lowest BCUT2D eigenvalue weighted by Gasteiger charge is -2.33. The first-order chi connectivity index (χ1) is 20.6. The summed E-state index contributed by atoms with van der Waals surface area (Å²) < 4.78 is 11.2. The lowest BCUT2D eigenvalue weighted by molar-refractivity contribution is -0.136. The third-order valence-corrected chi connectivity index (χ3v) is 8.20. The highest BCUT2D eigenvalue weighted by molar-refractivity contribution is 5.90. The smallest absolute Gasteiger partial charge is 0.410 e. The summed E-state index contributed by atoms with van der Waals surface area (Å²) in [7, 11) is 0. The van der Waals surface area contributed by atoms with E-state index >= 15 is 0 Å². The molecular formula is C31H41N7O5. The molecule has 1 saturated carbocycles. The van der Waals surface area contributed by atoms with Crippen molar-refractivity contribution in [2.45, 2.75) is 90.2 Å². The van der Waals surface area contributed by atoms with E-state index in [4.69, 9.17) is 19.4 Å². The van der Waals surface area contributed by atoms with E-state index in [-0.39, 0.29) is 24.0 Å². The number of carbonyl (C=O) groups excluding carboxylic acids is 3. The molecule has 4 heterocycles. The predicted octanol–water partition coefficient (Wildman–Crippen LogP) is 3.89. The Bertz CT molecular complexity index is 1390. The molecule has 6 rings (SSSR count). The summed E-state index contributed by atoms with van der Waals surface area (Å²) in [6.07, 6.45) is 2.94. The molecule has 0 spiro atoms. The molecule has 43 heavy (non-hydrogen) atoms. The molecule has 12 heteroatoms. The molecule has 1 unspecified atom stereocenters. The van der Waals surface area contributed by atoms with Crippen LogP contribution in [0.2, 0.25) is 0 Å². The fraction of sp³-hybridized carbons (Fsp3) is 0.581. The minimum atomic E-state index is -0.638. The summed E-state index contributed by atoms with van der Waals surface area (Å²) in [6.45, 7) is 10.6. The van der Waals surface area contributed by atoms with Crippen molar-refractivity contribution in [3.05, 3.63) is 35.5 Å². The fourth-order valence-electron chi connectivity index (χ4n) is 5.85. The quantitative estimate of drug-likeness (QED) is 0.536. The number of hydrogen-bond donors (Lipinski definition) is 2. The van der Waals surface area contributed by atoms with E-state index in [1.54, 1.807) is 9.80 Å². The topological polar surface area (TPSA) is 129 Å². The molecule has 3 aliphatic heterocycles. The third-order valence-electron chi connectivity index (χ3n) is 8.20. The molecule has 12 nitrogen and oxygen atoms in total. The molecule has 2 N–H and O–H groups in total. The molecule has 4 aliphatic rings. The van der Waals surface area contributed by atoms with Crippen LogP contribution in [0.25, 0.3) is 11.3 Å². The van der Waals surface area contributed by atoms with E-state index in [2.05, 4.69) is 22.5 Å². The van der Waals surface area contributed by atoms with Crippen molar-refractivity contribution in [3.63, 3.8) is 0 Å².